The molecular weight excluding hydrogens is 311 g/mol. The van der Waals surface area contributed by atoms with Crippen LogP contribution in [0.4, 0.5) is 0 Å². The third kappa shape index (κ3) is 5.17. The lowest BCUT2D eigenvalue weighted by molar-refractivity contribution is 0.596. The van der Waals surface area contributed by atoms with Crippen molar-refractivity contribution in [1.82, 2.24) is 0 Å². The van der Waals surface area contributed by atoms with Gasteiger partial charge in [-0.15, -0.1) is 0 Å². The van der Waals surface area contributed by atoms with Crippen LogP contribution in [0.5, 0.6) is 0 Å². The molecule has 1 aromatic rings. The van der Waals surface area contributed by atoms with Crippen LogP contribution in [-0.2, 0) is 6.42 Å². The predicted octanol–water partition coefficient (Wildman–Crippen LogP) is 7.80. The zero-order valence-corrected chi connectivity index (χ0v) is 15.6. The maximum Gasteiger partial charge on any atom is 0.0444 e. The lowest BCUT2D eigenvalue weighted by atomic mass is 9.94. The van der Waals surface area contributed by atoms with Crippen LogP contribution in [0.15, 0.2) is 12.1 Å². The highest BCUT2D eigenvalue weighted by molar-refractivity contribution is 6.34. The molecular formula is C20H30Cl2. The quantitative estimate of drug-likeness (QED) is 0.423. The van der Waals surface area contributed by atoms with Gasteiger partial charge in [-0.3, -0.25) is 0 Å². The lowest BCUT2D eigenvalue weighted by Gasteiger charge is -2.15. The summed E-state index contributed by atoms with van der Waals surface area (Å²) in [5.74, 6) is 1.44. The van der Waals surface area contributed by atoms with E-state index in [1.165, 1.54) is 68.9 Å². The standard InChI is InChI=1S/C20H30Cl2/c1-3-4-5-6-7-8-9-17-13-20(22)18(14-19(17)21)16-11-10-15(2)12-16/h13-16H,3-12H2,1-2H3. The third-order valence-corrected chi connectivity index (χ3v) is 5.78. The van der Waals surface area contributed by atoms with E-state index in [-0.39, 0.29) is 0 Å². The normalized spacial score (nSPS) is 21.5. The zero-order valence-electron chi connectivity index (χ0n) is 14.1. The van der Waals surface area contributed by atoms with Gasteiger partial charge in [0.2, 0.25) is 0 Å². The molecule has 0 bridgehead atoms. The molecule has 0 spiro atoms. The zero-order chi connectivity index (χ0) is 15.9. The molecule has 22 heavy (non-hydrogen) atoms. The Hall–Kier alpha value is -0.200. The van der Waals surface area contributed by atoms with Crippen molar-refractivity contribution in [1.29, 1.82) is 0 Å². The topological polar surface area (TPSA) is 0 Å². The largest absolute Gasteiger partial charge is 0.0840 e. The van der Waals surface area contributed by atoms with Crippen molar-refractivity contribution in [3.8, 4) is 0 Å². The van der Waals surface area contributed by atoms with Crippen molar-refractivity contribution in [3.63, 3.8) is 0 Å². The van der Waals surface area contributed by atoms with Gasteiger partial charge in [0.1, 0.15) is 0 Å². The SMILES string of the molecule is CCCCCCCCc1cc(Cl)c(C2CCC(C)C2)cc1Cl. The summed E-state index contributed by atoms with van der Waals surface area (Å²) in [7, 11) is 0. The molecule has 0 radical (unpaired) electrons. The van der Waals surface area contributed by atoms with E-state index in [0.29, 0.717) is 5.92 Å². The van der Waals surface area contributed by atoms with E-state index >= 15 is 0 Å². The Morgan fingerprint density at radius 2 is 1.68 bits per heavy atom. The van der Waals surface area contributed by atoms with Crippen LogP contribution in [0, 0.1) is 5.92 Å². The van der Waals surface area contributed by atoms with Crippen molar-refractivity contribution in [3.05, 3.63) is 33.3 Å². The molecule has 2 rings (SSSR count). The molecule has 0 amide bonds. The van der Waals surface area contributed by atoms with Crippen LogP contribution < -0.4 is 0 Å². The first-order chi connectivity index (χ1) is 10.6. The second-order valence-corrected chi connectivity index (χ2v) is 7.91. The molecule has 0 nitrogen and oxygen atoms in total. The molecule has 1 saturated carbocycles. The van der Waals surface area contributed by atoms with Crippen LogP contribution in [0.3, 0.4) is 0 Å². The van der Waals surface area contributed by atoms with Gasteiger partial charge in [-0.25, -0.2) is 0 Å². The fourth-order valence-electron chi connectivity index (χ4n) is 3.69. The van der Waals surface area contributed by atoms with E-state index in [9.17, 15) is 0 Å². The van der Waals surface area contributed by atoms with E-state index in [1.807, 2.05) is 0 Å². The third-order valence-electron chi connectivity index (χ3n) is 5.10. The number of hydrogen-bond donors (Lipinski definition) is 0. The summed E-state index contributed by atoms with van der Waals surface area (Å²) >= 11 is 13.1. The summed E-state index contributed by atoms with van der Waals surface area (Å²) in [4.78, 5) is 0. The number of benzene rings is 1. The van der Waals surface area contributed by atoms with Crippen molar-refractivity contribution < 1.29 is 0 Å². The summed E-state index contributed by atoms with van der Waals surface area (Å²) in [6, 6.07) is 4.28. The molecule has 1 aliphatic rings. The van der Waals surface area contributed by atoms with Gasteiger partial charge >= 0.3 is 0 Å². The molecule has 124 valence electrons. The van der Waals surface area contributed by atoms with Gasteiger partial charge in [0.15, 0.2) is 0 Å². The first kappa shape index (κ1) is 18.1. The number of rotatable bonds is 8. The first-order valence-electron chi connectivity index (χ1n) is 9.09. The van der Waals surface area contributed by atoms with Crippen LogP contribution >= 0.6 is 23.2 Å². The summed E-state index contributed by atoms with van der Waals surface area (Å²) in [6.45, 7) is 4.59. The minimum atomic E-state index is 0.614. The molecule has 0 saturated heterocycles. The molecule has 1 aliphatic carbocycles. The number of hydrogen-bond acceptors (Lipinski definition) is 0. The van der Waals surface area contributed by atoms with Gasteiger partial charge in [-0.2, -0.15) is 0 Å². The molecule has 2 unspecified atom stereocenters. The maximum atomic E-state index is 6.55. The molecule has 2 heteroatoms. The highest BCUT2D eigenvalue weighted by atomic mass is 35.5. The lowest BCUT2D eigenvalue weighted by Crippen LogP contribution is -1.97. The van der Waals surface area contributed by atoms with Gasteiger partial charge in [0.05, 0.1) is 0 Å². The molecule has 2 atom stereocenters. The second kappa shape index (κ2) is 9.18. The molecule has 0 aliphatic heterocycles. The Labute approximate surface area is 146 Å². The second-order valence-electron chi connectivity index (χ2n) is 7.10. The van der Waals surface area contributed by atoms with Gasteiger partial charge in [-0.1, -0.05) is 75.6 Å². The molecule has 1 aromatic carbocycles. The summed E-state index contributed by atoms with van der Waals surface area (Å²) < 4.78 is 0. The smallest absolute Gasteiger partial charge is 0.0444 e. The van der Waals surface area contributed by atoms with E-state index in [1.54, 1.807) is 0 Å². The monoisotopic (exact) mass is 340 g/mol. The number of aryl methyl sites for hydroxylation is 1. The highest BCUT2D eigenvalue weighted by Gasteiger charge is 2.25. The Bertz CT molecular complexity index is 467. The van der Waals surface area contributed by atoms with Crippen LogP contribution in [0.1, 0.15) is 88.7 Å². The van der Waals surface area contributed by atoms with Crippen molar-refractivity contribution in [2.24, 2.45) is 5.92 Å². The number of unbranched alkanes of at least 4 members (excludes halogenated alkanes) is 5. The summed E-state index contributed by atoms with van der Waals surface area (Å²) in [5, 5.41) is 1.86. The van der Waals surface area contributed by atoms with Crippen molar-refractivity contribution >= 4 is 23.2 Å². The van der Waals surface area contributed by atoms with Gasteiger partial charge in [0, 0.05) is 10.0 Å². The van der Waals surface area contributed by atoms with Crippen LogP contribution in [0.25, 0.3) is 0 Å². The average Bonchev–Trinajstić information content (AvgIpc) is 2.92. The minimum Gasteiger partial charge on any atom is -0.0840 e. The van der Waals surface area contributed by atoms with Gasteiger partial charge < -0.3 is 0 Å². The van der Waals surface area contributed by atoms with Crippen molar-refractivity contribution in [2.75, 3.05) is 0 Å². The fourth-order valence-corrected chi connectivity index (χ4v) is 4.30. The number of halogens is 2. The van der Waals surface area contributed by atoms with E-state index < -0.39 is 0 Å². The molecule has 0 N–H and O–H groups in total. The maximum absolute atomic E-state index is 6.55. The summed E-state index contributed by atoms with van der Waals surface area (Å²) in [6.07, 6.45) is 12.8. The average molecular weight is 341 g/mol. The van der Waals surface area contributed by atoms with Gasteiger partial charge in [0.25, 0.3) is 0 Å². The van der Waals surface area contributed by atoms with E-state index in [4.69, 9.17) is 23.2 Å². The molecule has 1 fully saturated rings. The highest BCUT2D eigenvalue weighted by Crippen LogP contribution is 2.42. The van der Waals surface area contributed by atoms with E-state index in [0.717, 1.165) is 22.4 Å². The van der Waals surface area contributed by atoms with Crippen molar-refractivity contribution in [2.45, 2.75) is 84.0 Å². The van der Waals surface area contributed by atoms with Crippen LogP contribution in [-0.4, -0.2) is 0 Å². The fraction of sp³-hybridized carbons (Fsp3) is 0.700. The molecule has 0 aromatic heterocycles. The first-order valence-corrected chi connectivity index (χ1v) is 9.85. The minimum absolute atomic E-state index is 0.614. The Balaban J connectivity index is 1.89. The van der Waals surface area contributed by atoms with Gasteiger partial charge in [-0.05, 0) is 60.8 Å². The Morgan fingerprint density at radius 3 is 2.36 bits per heavy atom. The van der Waals surface area contributed by atoms with Crippen LogP contribution in [0.2, 0.25) is 10.0 Å². The Kier molecular flexibility index (Phi) is 7.57. The summed E-state index contributed by atoms with van der Waals surface area (Å²) in [5.41, 5.74) is 2.51. The Morgan fingerprint density at radius 1 is 0.955 bits per heavy atom. The van der Waals surface area contributed by atoms with E-state index in [2.05, 4.69) is 26.0 Å². The predicted molar refractivity (Wildman–Crippen MR) is 99.3 cm³/mol. The molecule has 0 heterocycles.